The van der Waals surface area contributed by atoms with E-state index in [2.05, 4.69) is 30.5 Å². The van der Waals surface area contributed by atoms with Gasteiger partial charge >= 0.3 is 0 Å². The minimum absolute atomic E-state index is 0.0901. The first-order valence-electron chi connectivity index (χ1n) is 10.1. The van der Waals surface area contributed by atoms with Gasteiger partial charge in [0.15, 0.2) is 0 Å². The first kappa shape index (κ1) is 20.5. The molecule has 1 saturated heterocycles. The maximum atomic E-state index is 13.8. The summed E-state index contributed by atoms with van der Waals surface area (Å²) in [5.41, 5.74) is 0.643. The van der Waals surface area contributed by atoms with Crippen LogP contribution in [0.2, 0.25) is 0 Å². The number of amides is 1. The molecule has 0 saturated carbocycles. The lowest BCUT2D eigenvalue weighted by Gasteiger charge is -2.32. The summed E-state index contributed by atoms with van der Waals surface area (Å²) in [7, 11) is 0. The van der Waals surface area contributed by atoms with Crippen LogP contribution in [0.4, 0.5) is 27.7 Å². The topological polar surface area (TPSA) is 92.3 Å². The third-order valence-corrected chi connectivity index (χ3v) is 4.86. The smallest absolute Gasteiger partial charge is 0.231 e. The van der Waals surface area contributed by atoms with Gasteiger partial charge in [-0.05, 0) is 30.3 Å². The number of ether oxygens (including phenoxy) is 1. The van der Waals surface area contributed by atoms with Gasteiger partial charge in [-0.15, -0.1) is 0 Å². The van der Waals surface area contributed by atoms with E-state index in [9.17, 15) is 9.18 Å². The van der Waals surface area contributed by atoms with Crippen molar-refractivity contribution < 1.29 is 13.9 Å². The van der Waals surface area contributed by atoms with E-state index in [0.29, 0.717) is 17.6 Å². The summed E-state index contributed by atoms with van der Waals surface area (Å²) >= 11 is 0. The largest absolute Gasteiger partial charge is 0.490 e. The number of anilines is 4. The molecule has 0 spiro atoms. The van der Waals surface area contributed by atoms with Gasteiger partial charge in [0.05, 0.1) is 5.69 Å². The summed E-state index contributed by atoms with van der Waals surface area (Å²) in [4.78, 5) is 26.2. The lowest BCUT2D eigenvalue weighted by Crippen LogP contribution is -2.39. The Bertz CT molecular complexity index is 1040. The molecule has 31 heavy (non-hydrogen) atoms. The van der Waals surface area contributed by atoms with Crippen molar-refractivity contribution in [2.45, 2.75) is 25.9 Å². The Labute approximate surface area is 179 Å². The van der Waals surface area contributed by atoms with Crippen LogP contribution >= 0.6 is 0 Å². The predicted octanol–water partition coefficient (Wildman–Crippen LogP) is 3.76. The molecule has 2 N–H and O–H groups in total. The molecule has 1 aliphatic rings. The van der Waals surface area contributed by atoms with Crippen LogP contribution in [0.25, 0.3) is 0 Å². The zero-order valence-corrected chi connectivity index (χ0v) is 17.1. The summed E-state index contributed by atoms with van der Waals surface area (Å²) in [6, 6.07) is 14.1. The highest BCUT2D eigenvalue weighted by atomic mass is 19.1. The zero-order chi connectivity index (χ0) is 21.6. The highest BCUT2D eigenvalue weighted by molar-refractivity contribution is 5.89. The van der Waals surface area contributed by atoms with Crippen molar-refractivity contribution in [2.24, 2.45) is 0 Å². The molecule has 4 rings (SSSR count). The third-order valence-electron chi connectivity index (χ3n) is 4.86. The lowest BCUT2D eigenvalue weighted by atomic mass is 10.1. The first-order chi connectivity index (χ1) is 15.1. The molecular weight excluding hydrogens is 399 g/mol. The van der Waals surface area contributed by atoms with E-state index in [0.717, 1.165) is 31.7 Å². The number of halogens is 1. The van der Waals surface area contributed by atoms with Crippen LogP contribution in [0.5, 0.6) is 5.75 Å². The van der Waals surface area contributed by atoms with Crippen LogP contribution in [0.1, 0.15) is 19.8 Å². The SMILES string of the molecule is CC(=O)Nc1cc(Nc2ncnc(N3CCC(Oc4ccccc4)CC3)n2)ccc1F. The van der Waals surface area contributed by atoms with Gasteiger partial charge in [-0.2, -0.15) is 4.98 Å². The normalized spacial score (nSPS) is 14.2. The number of aromatic nitrogens is 3. The zero-order valence-electron chi connectivity index (χ0n) is 17.1. The molecule has 1 amide bonds. The second-order valence-electron chi connectivity index (χ2n) is 7.23. The highest BCUT2D eigenvalue weighted by Crippen LogP contribution is 2.24. The molecule has 1 aromatic heterocycles. The van der Waals surface area contributed by atoms with E-state index >= 15 is 0 Å². The molecule has 8 nitrogen and oxygen atoms in total. The third kappa shape index (κ3) is 5.44. The molecule has 0 aliphatic carbocycles. The maximum Gasteiger partial charge on any atom is 0.231 e. The van der Waals surface area contributed by atoms with Crippen molar-refractivity contribution in [1.82, 2.24) is 15.0 Å². The van der Waals surface area contributed by atoms with Crippen LogP contribution in [-0.4, -0.2) is 40.1 Å². The van der Waals surface area contributed by atoms with E-state index in [4.69, 9.17) is 4.74 Å². The minimum Gasteiger partial charge on any atom is -0.490 e. The molecule has 0 radical (unpaired) electrons. The molecular formula is C22H23FN6O2. The summed E-state index contributed by atoms with van der Waals surface area (Å²) in [5.74, 6) is 0.925. The lowest BCUT2D eigenvalue weighted by molar-refractivity contribution is -0.114. The standard InChI is InChI=1S/C22H23FN6O2/c1-15(30)26-20-13-16(7-8-19(20)23)27-21-24-14-25-22(28-21)29-11-9-18(10-12-29)31-17-5-3-2-4-6-17/h2-8,13-14,18H,9-12H2,1H3,(H,26,30)(H,24,25,27,28). The maximum absolute atomic E-state index is 13.8. The van der Waals surface area contributed by atoms with Crippen molar-refractivity contribution in [3.05, 3.63) is 60.7 Å². The quantitative estimate of drug-likeness (QED) is 0.625. The van der Waals surface area contributed by atoms with Gasteiger partial charge in [-0.25, -0.2) is 14.4 Å². The van der Waals surface area contributed by atoms with Crippen molar-refractivity contribution in [3.63, 3.8) is 0 Å². The number of hydrogen-bond acceptors (Lipinski definition) is 7. The average molecular weight is 422 g/mol. The van der Waals surface area contributed by atoms with E-state index < -0.39 is 5.82 Å². The molecule has 160 valence electrons. The number of carbonyl (C=O) groups excluding carboxylic acids is 1. The highest BCUT2D eigenvalue weighted by Gasteiger charge is 2.22. The fraction of sp³-hybridized carbons (Fsp3) is 0.273. The van der Waals surface area contributed by atoms with Gasteiger partial charge in [-0.1, -0.05) is 18.2 Å². The molecule has 2 aromatic carbocycles. The predicted molar refractivity (Wildman–Crippen MR) is 116 cm³/mol. The number of piperidine rings is 1. The van der Waals surface area contributed by atoms with E-state index in [1.54, 1.807) is 6.07 Å². The van der Waals surface area contributed by atoms with Crippen molar-refractivity contribution in [2.75, 3.05) is 28.6 Å². The van der Waals surface area contributed by atoms with Crippen molar-refractivity contribution in [3.8, 4) is 5.75 Å². The molecule has 1 aliphatic heterocycles. The Balaban J connectivity index is 1.38. The molecule has 0 bridgehead atoms. The van der Waals surface area contributed by atoms with Gasteiger partial charge in [0.25, 0.3) is 0 Å². The van der Waals surface area contributed by atoms with Crippen LogP contribution in [-0.2, 0) is 4.79 Å². The summed E-state index contributed by atoms with van der Waals surface area (Å²) in [6.07, 6.45) is 3.32. The van der Waals surface area contributed by atoms with Crippen LogP contribution < -0.4 is 20.3 Å². The Morgan fingerprint density at radius 3 is 2.65 bits per heavy atom. The minimum atomic E-state index is -0.516. The van der Waals surface area contributed by atoms with Gasteiger partial charge in [0, 0.05) is 38.5 Å². The summed E-state index contributed by atoms with van der Waals surface area (Å²) in [5, 5.41) is 5.49. The number of nitrogens with zero attached hydrogens (tertiary/aromatic N) is 4. The van der Waals surface area contributed by atoms with E-state index in [-0.39, 0.29) is 17.7 Å². The molecule has 9 heteroatoms. The van der Waals surface area contributed by atoms with Gasteiger partial charge in [0.2, 0.25) is 17.8 Å². The van der Waals surface area contributed by atoms with Gasteiger partial charge in [-0.3, -0.25) is 4.79 Å². The second-order valence-corrected chi connectivity index (χ2v) is 7.23. The number of hydrogen-bond donors (Lipinski definition) is 2. The average Bonchev–Trinajstić information content (AvgIpc) is 2.77. The summed E-state index contributed by atoms with van der Waals surface area (Å²) in [6.45, 7) is 2.86. The van der Waals surface area contributed by atoms with Crippen LogP contribution in [0, 0.1) is 5.82 Å². The molecule has 0 atom stereocenters. The number of carbonyl (C=O) groups is 1. The number of rotatable bonds is 6. The second kappa shape index (κ2) is 9.38. The molecule has 3 aromatic rings. The van der Waals surface area contributed by atoms with E-state index in [1.165, 1.54) is 25.4 Å². The fourth-order valence-corrected chi connectivity index (χ4v) is 3.38. The Hall–Kier alpha value is -3.75. The van der Waals surface area contributed by atoms with Crippen LogP contribution in [0.15, 0.2) is 54.9 Å². The Morgan fingerprint density at radius 1 is 1.13 bits per heavy atom. The molecule has 2 heterocycles. The monoisotopic (exact) mass is 422 g/mol. The first-order valence-corrected chi connectivity index (χ1v) is 10.1. The van der Waals surface area contributed by atoms with Crippen LogP contribution in [0.3, 0.4) is 0 Å². The molecule has 0 unspecified atom stereocenters. The number of benzene rings is 2. The van der Waals surface area contributed by atoms with Gasteiger partial charge < -0.3 is 20.3 Å². The summed E-state index contributed by atoms with van der Waals surface area (Å²) < 4.78 is 19.9. The number of nitrogens with one attached hydrogen (secondary N) is 2. The fourth-order valence-electron chi connectivity index (χ4n) is 3.38. The van der Waals surface area contributed by atoms with E-state index in [1.807, 2.05) is 30.3 Å². The van der Waals surface area contributed by atoms with Crippen molar-refractivity contribution >= 4 is 29.2 Å². The molecule has 1 fully saturated rings. The number of para-hydroxylation sites is 1. The van der Waals surface area contributed by atoms with Gasteiger partial charge in [0.1, 0.15) is 24.0 Å². The van der Waals surface area contributed by atoms with Crippen molar-refractivity contribution in [1.29, 1.82) is 0 Å². The Morgan fingerprint density at radius 2 is 1.90 bits per heavy atom. The Kier molecular flexibility index (Phi) is 6.21.